The van der Waals surface area contributed by atoms with E-state index in [1.165, 1.54) is 12.1 Å². The first-order chi connectivity index (χ1) is 27.5. The van der Waals surface area contributed by atoms with Crippen LogP contribution in [-0.4, -0.2) is 94.6 Å². The van der Waals surface area contributed by atoms with E-state index in [0.29, 0.717) is 46.7 Å². The number of nitrogens with zero attached hydrogens (tertiary/aromatic N) is 6. The van der Waals surface area contributed by atoms with Crippen molar-refractivity contribution in [3.8, 4) is 23.2 Å². The van der Waals surface area contributed by atoms with E-state index in [9.17, 15) is 14.9 Å². The molecule has 4 aromatic rings. The first-order valence-electron chi connectivity index (χ1n) is 19.9. The molecule has 1 N–H and O–H groups in total. The van der Waals surface area contributed by atoms with Gasteiger partial charge in [-0.25, -0.2) is 18.4 Å². The third-order valence-corrected chi connectivity index (χ3v) is 12.4. The molecule has 308 valence electrons. The van der Waals surface area contributed by atoms with Crippen molar-refractivity contribution in [2.45, 2.75) is 116 Å². The molecule has 9 rings (SSSR count). The summed E-state index contributed by atoms with van der Waals surface area (Å²) in [5, 5.41) is 13.9. The van der Waals surface area contributed by atoms with Crippen LogP contribution < -0.4 is 15.0 Å². The second kappa shape index (κ2) is 15.1. The number of aromatic nitrogens is 2. The summed E-state index contributed by atoms with van der Waals surface area (Å²) < 4.78 is 58.4. The average Bonchev–Trinajstić information content (AvgIpc) is 3.80. The van der Waals surface area contributed by atoms with Gasteiger partial charge in [0.15, 0.2) is 5.82 Å². The van der Waals surface area contributed by atoms with E-state index in [4.69, 9.17) is 28.9 Å². The molecule has 2 aromatic carbocycles. The summed E-state index contributed by atoms with van der Waals surface area (Å²) in [5.74, 6) is -1.08. The second-order valence-electron chi connectivity index (χ2n) is 17.6. The summed E-state index contributed by atoms with van der Waals surface area (Å²) >= 11 is 1.07. The zero-order valence-electron chi connectivity index (χ0n) is 34.0. The standard InChI is InChI=1S/C42H49F2N7O6S/c1-41(2,3)56-39(52)48-37-25(16-45)30-29(58-37)14-13-28(43)33(30)31-26-20-54-21-27(26)32-35(34(31)44)46-38(55-19-24-12-9-15-49(24)7)47-36(32)50-17-23-11-8-10-22(50)18-51(23)40(53)57-42(4,5)6/h13-14,22-24H,8-12,15,17-21H2,1-7H3,(H,48,52)/t22?,23?,24-/m0/s1. The van der Waals surface area contributed by atoms with Gasteiger partial charge in [0, 0.05) is 46.4 Å². The molecule has 2 bridgehead atoms. The van der Waals surface area contributed by atoms with E-state index in [2.05, 4.69) is 21.2 Å². The molecule has 2 aromatic heterocycles. The van der Waals surface area contributed by atoms with Gasteiger partial charge in [-0.15, -0.1) is 11.3 Å². The molecule has 16 heteroatoms. The first-order valence-corrected chi connectivity index (χ1v) is 20.7. The summed E-state index contributed by atoms with van der Waals surface area (Å²) in [4.78, 5) is 42.2. The highest BCUT2D eigenvalue weighted by atomic mass is 32.1. The number of carbonyl (C=O) groups excluding carboxylic acids is 2. The van der Waals surface area contributed by atoms with Crippen LogP contribution >= 0.6 is 11.3 Å². The van der Waals surface area contributed by atoms with Gasteiger partial charge < -0.3 is 33.6 Å². The van der Waals surface area contributed by atoms with E-state index in [1.807, 2.05) is 32.7 Å². The minimum Gasteiger partial charge on any atom is -0.462 e. The zero-order valence-corrected chi connectivity index (χ0v) is 34.8. The third-order valence-electron chi connectivity index (χ3n) is 11.3. The fourth-order valence-corrected chi connectivity index (χ4v) is 9.77. The number of piperazine rings is 1. The van der Waals surface area contributed by atoms with Crippen LogP contribution in [0.2, 0.25) is 0 Å². The molecule has 4 saturated heterocycles. The summed E-state index contributed by atoms with van der Waals surface area (Å²) in [6.07, 6.45) is 3.24. The van der Waals surface area contributed by atoms with Crippen LogP contribution in [0.1, 0.15) is 90.3 Å². The van der Waals surface area contributed by atoms with Crippen molar-refractivity contribution in [3.05, 3.63) is 40.5 Å². The number of amides is 2. The third kappa shape index (κ3) is 7.48. The van der Waals surface area contributed by atoms with Crippen molar-refractivity contribution < 1.29 is 37.3 Å². The Labute approximate surface area is 340 Å². The maximum absolute atomic E-state index is 17.8. The number of rotatable bonds is 6. The fourth-order valence-electron chi connectivity index (χ4n) is 8.72. The Balaban J connectivity index is 1.30. The number of nitriles is 1. The van der Waals surface area contributed by atoms with Crippen LogP contribution in [-0.2, 0) is 27.4 Å². The Morgan fingerprint density at radius 3 is 2.41 bits per heavy atom. The lowest BCUT2D eigenvalue weighted by molar-refractivity contribution is 0.0123. The van der Waals surface area contributed by atoms with Crippen molar-refractivity contribution in [1.29, 1.82) is 5.26 Å². The molecule has 2 unspecified atom stereocenters. The molecular formula is C42H49F2N7O6S. The van der Waals surface area contributed by atoms with Crippen LogP contribution in [0.4, 0.5) is 29.2 Å². The number of halogens is 2. The number of ether oxygens (including phenoxy) is 4. The Kier molecular flexibility index (Phi) is 10.4. The summed E-state index contributed by atoms with van der Waals surface area (Å²) in [5.41, 5.74) is -0.685. The molecule has 4 fully saturated rings. The van der Waals surface area contributed by atoms with Gasteiger partial charge in [-0.3, -0.25) is 5.32 Å². The molecule has 0 radical (unpaired) electrons. The number of benzene rings is 2. The molecule has 7 heterocycles. The highest BCUT2D eigenvalue weighted by Gasteiger charge is 2.43. The molecule has 3 atom stereocenters. The van der Waals surface area contributed by atoms with Gasteiger partial charge in [-0.1, -0.05) is 0 Å². The Morgan fingerprint density at radius 2 is 1.71 bits per heavy atom. The van der Waals surface area contributed by atoms with Gasteiger partial charge in [-0.2, -0.15) is 15.2 Å². The predicted molar refractivity (Wildman–Crippen MR) is 216 cm³/mol. The molecule has 58 heavy (non-hydrogen) atoms. The predicted octanol–water partition coefficient (Wildman–Crippen LogP) is 8.49. The largest absolute Gasteiger partial charge is 0.462 e. The maximum atomic E-state index is 17.8. The first kappa shape index (κ1) is 40.0. The minimum absolute atomic E-state index is 0.00795. The Bertz CT molecular complexity index is 2350. The highest BCUT2D eigenvalue weighted by Crippen LogP contribution is 2.49. The van der Waals surface area contributed by atoms with Crippen LogP contribution in [0.5, 0.6) is 6.01 Å². The van der Waals surface area contributed by atoms with E-state index in [1.54, 1.807) is 20.8 Å². The molecule has 0 spiro atoms. The Morgan fingerprint density at radius 1 is 0.966 bits per heavy atom. The van der Waals surface area contributed by atoms with E-state index in [-0.39, 0.29) is 76.0 Å². The number of carbonyl (C=O) groups is 2. The van der Waals surface area contributed by atoms with Crippen molar-refractivity contribution in [3.63, 3.8) is 0 Å². The smallest absolute Gasteiger partial charge is 0.412 e. The van der Waals surface area contributed by atoms with Crippen LogP contribution in [0, 0.1) is 23.0 Å². The van der Waals surface area contributed by atoms with Crippen LogP contribution in [0.15, 0.2) is 12.1 Å². The Hall–Kier alpha value is -4.85. The number of fused-ring (bicyclic) bond motifs is 8. The van der Waals surface area contributed by atoms with Crippen LogP contribution in [0.25, 0.3) is 32.1 Å². The van der Waals surface area contributed by atoms with Gasteiger partial charge in [0.1, 0.15) is 46.0 Å². The number of nitrogens with one attached hydrogen (secondary N) is 1. The van der Waals surface area contributed by atoms with E-state index < -0.39 is 28.9 Å². The topological polar surface area (TPSA) is 142 Å². The summed E-state index contributed by atoms with van der Waals surface area (Å²) in [6.45, 7) is 12.8. The number of likely N-dealkylation sites (N-methyl/N-ethyl adjacent to an activating group) is 1. The van der Waals surface area contributed by atoms with Gasteiger partial charge >= 0.3 is 18.2 Å². The van der Waals surface area contributed by atoms with Crippen molar-refractivity contribution in [2.24, 2.45) is 0 Å². The maximum Gasteiger partial charge on any atom is 0.412 e. The molecule has 5 aliphatic rings. The second-order valence-corrected chi connectivity index (χ2v) is 18.7. The van der Waals surface area contributed by atoms with E-state index >= 15 is 8.78 Å². The van der Waals surface area contributed by atoms with Gasteiger partial charge in [-0.05, 0) is 110 Å². The number of likely N-dealkylation sites (tertiary alicyclic amines) is 1. The lowest BCUT2D eigenvalue weighted by Gasteiger charge is -2.44. The van der Waals surface area contributed by atoms with Gasteiger partial charge in [0.2, 0.25) is 0 Å². The number of hydrogen-bond acceptors (Lipinski definition) is 12. The number of anilines is 2. The lowest BCUT2D eigenvalue weighted by Crippen LogP contribution is -2.59. The zero-order chi connectivity index (χ0) is 41.3. The molecule has 0 saturated carbocycles. The van der Waals surface area contributed by atoms with E-state index in [0.717, 1.165) is 50.0 Å². The number of thiophene rings is 1. The van der Waals surface area contributed by atoms with Crippen LogP contribution in [0.3, 0.4) is 0 Å². The molecular weight excluding hydrogens is 769 g/mol. The minimum atomic E-state index is -0.805. The summed E-state index contributed by atoms with van der Waals surface area (Å²) in [6, 6.07) is 4.66. The molecule has 0 aliphatic carbocycles. The van der Waals surface area contributed by atoms with Gasteiger partial charge in [0.25, 0.3) is 0 Å². The monoisotopic (exact) mass is 817 g/mol. The normalized spacial score (nSPS) is 21.0. The fraction of sp³-hybridized carbons (Fsp3) is 0.548. The molecule has 2 amide bonds. The van der Waals surface area contributed by atoms with Crippen molar-refractivity contribution in [2.75, 3.05) is 43.5 Å². The summed E-state index contributed by atoms with van der Waals surface area (Å²) in [7, 11) is 2.04. The molecule has 13 nitrogen and oxygen atoms in total. The molecule has 5 aliphatic heterocycles. The van der Waals surface area contributed by atoms with Crippen molar-refractivity contribution >= 4 is 55.3 Å². The number of hydrogen-bond donors (Lipinski definition) is 1. The van der Waals surface area contributed by atoms with Crippen molar-refractivity contribution in [1.82, 2.24) is 19.8 Å². The highest BCUT2D eigenvalue weighted by molar-refractivity contribution is 7.23. The SMILES string of the molecule is CN1CCC[C@H]1COc1nc(N2CC3CCCC2CN3C(=O)OC(C)(C)C)c2c3c(c(-c4c(F)ccc5sc(NC(=O)OC(C)(C)C)c(C#N)c45)c(F)c2n1)COC3. The average molecular weight is 818 g/mol. The lowest BCUT2D eigenvalue weighted by atomic mass is 9.90. The van der Waals surface area contributed by atoms with Gasteiger partial charge in [0.05, 0.1) is 30.2 Å². The quantitative estimate of drug-likeness (QED) is 0.200.